The van der Waals surface area contributed by atoms with Crippen LogP contribution >= 0.6 is 0 Å². The molecule has 0 spiro atoms. The predicted octanol–water partition coefficient (Wildman–Crippen LogP) is -0.00820. The molecule has 4 heteroatoms. The van der Waals surface area contributed by atoms with Crippen LogP contribution in [0.5, 0.6) is 0 Å². The average molecular weight is 202 g/mol. The molecule has 82 valence electrons. The summed E-state index contributed by atoms with van der Waals surface area (Å²) in [6, 6.07) is 0. The molecule has 0 aromatic rings. The van der Waals surface area contributed by atoms with E-state index in [0.29, 0.717) is 17.4 Å². The van der Waals surface area contributed by atoms with Gasteiger partial charge < -0.3 is 9.59 Å². The van der Waals surface area contributed by atoms with Gasteiger partial charge in [0.15, 0.2) is 0 Å². The molecule has 1 atom stereocenters. The maximum absolute atomic E-state index is 11.3. The van der Waals surface area contributed by atoms with Gasteiger partial charge >= 0.3 is 0 Å². The third-order valence-corrected chi connectivity index (χ3v) is 1.97. The lowest BCUT2D eigenvalue weighted by Gasteiger charge is -2.23. The van der Waals surface area contributed by atoms with Gasteiger partial charge in [0.2, 0.25) is 11.6 Å². The molecule has 1 unspecified atom stereocenters. The zero-order valence-electron chi connectivity index (χ0n) is 9.41. The fourth-order valence-electron chi connectivity index (χ4n) is 0.931. The molecule has 1 N–H and O–H groups in total. The summed E-state index contributed by atoms with van der Waals surface area (Å²) in [5, 5.41) is 9.15. The highest BCUT2D eigenvalue weighted by Crippen LogP contribution is 1.99. The number of hydrogen-bond acceptors (Lipinski definition) is 3. The molecule has 0 aliphatic rings. The zero-order valence-corrected chi connectivity index (χ0v) is 9.41. The number of hydrogen-bond donors (Lipinski definition) is 1. The Morgan fingerprint density at radius 3 is 2.14 bits per heavy atom. The van der Waals surface area contributed by atoms with E-state index in [1.807, 2.05) is 21.1 Å². The third-order valence-electron chi connectivity index (χ3n) is 1.97. The Balaban J connectivity index is 4.04. The molecule has 4 nitrogen and oxygen atoms in total. The fourth-order valence-corrected chi connectivity index (χ4v) is 0.931. The van der Waals surface area contributed by atoms with Crippen LogP contribution < -0.4 is 0 Å². The quantitative estimate of drug-likeness (QED) is 0.487. The van der Waals surface area contributed by atoms with E-state index in [4.69, 9.17) is 5.11 Å². The number of quaternary nitrogens is 1. The van der Waals surface area contributed by atoms with E-state index in [-0.39, 0.29) is 6.42 Å². The van der Waals surface area contributed by atoms with Gasteiger partial charge in [-0.05, 0) is 6.42 Å². The van der Waals surface area contributed by atoms with E-state index < -0.39 is 17.7 Å². The fraction of sp³-hybridized carbons (Fsp3) is 0.800. The van der Waals surface area contributed by atoms with Crippen LogP contribution in [0.3, 0.4) is 0 Å². The van der Waals surface area contributed by atoms with E-state index in [1.165, 1.54) is 0 Å². The van der Waals surface area contributed by atoms with Gasteiger partial charge in [0.05, 0.1) is 34.1 Å². The first-order valence-electron chi connectivity index (χ1n) is 4.83. The van der Waals surface area contributed by atoms with Crippen LogP contribution in [0.1, 0.15) is 19.8 Å². The molecular formula is C10H20NO3+. The predicted molar refractivity (Wildman–Crippen MR) is 53.8 cm³/mol. The van der Waals surface area contributed by atoms with Crippen molar-refractivity contribution in [3.63, 3.8) is 0 Å². The minimum atomic E-state index is -1.12. The number of rotatable bonds is 6. The summed E-state index contributed by atoms with van der Waals surface area (Å²) < 4.78 is 0.640. The van der Waals surface area contributed by atoms with E-state index in [0.717, 1.165) is 0 Å². The van der Waals surface area contributed by atoms with Crippen LogP contribution in [0.15, 0.2) is 0 Å². The van der Waals surface area contributed by atoms with Gasteiger partial charge in [-0.25, -0.2) is 0 Å². The third kappa shape index (κ3) is 5.09. The molecule has 0 saturated heterocycles. The molecule has 0 aromatic carbocycles. The lowest BCUT2D eigenvalue weighted by Crippen LogP contribution is -2.38. The van der Waals surface area contributed by atoms with Crippen LogP contribution in [0.2, 0.25) is 0 Å². The molecule has 0 saturated carbocycles. The molecular weight excluding hydrogens is 182 g/mol. The molecule has 0 fully saturated rings. The number of aliphatic hydroxyl groups is 1. The molecule has 0 amide bonds. The smallest absolute Gasteiger partial charge is 0.226 e. The Morgan fingerprint density at radius 1 is 1.29 bits per heavy atom. The molecule has 14 heavy (non-hydrogen) atoms. The van der Waals surface area contributed by atoms with Crippen LogP contribution in [-0.2, 0) is 9.59 Å². The number of carbonyl (C=O) groups excluding carboxylic acids is 2. The highest BCUT2D eigenvalue weighted by Gasteiger charge is 2.22. The highest BCUT2D eigenvalue weighted by atomic mass is 16.3. The summed E-state index contributed by atoms with van der Waals surface area (Å²) in [5.41, 5.74) is 0. The number of ketones is 2. The van der Waals surface area contributed by atoms with Crippen molar-refractivity contribution in [1.82, 2.24) is 0 Å². The lowest BCUT2D eigenvalue weighted by atomic mass is 10.1. The largest absolute Gasteiger partial charge is 0.385 e. The molecule has 0 aliphatic heterocycles. The molecule has 0 aromatic heterocycles. The van der Waals surface area contributed by atoms with Gasteiger partial charge in [-0.3, -0.25) is 9.59 Å². The summed E-state index contributed by atoms with van der Waals surface area (Å²) in [7, 11) is 5.86. The van der Waals surface area contributed by atoms with Crippen molar-refractivity contribution < 1.29 is 19.2 Å². The first kappa shape index (κ1) is 13.3. The number of Topliss-reactive ketones (excluding diaryl/α,β-unsaturated/α-hetero) is 2. The molecule has 0 bridgehead atoms. The van der Waals surface area contributed by atoms with E-state index in [9.17, 15) is 9.59 Å². The summed E-state index contributed by atoms with van der Waals surface area (Å²) in [6.07, 6.45) is -0.607. The van der Waals surface area contributed by atoms with Gasteiger partial charge in [-0.2, -0.15) is 0 Å². The summed E-state index contributed by atoms with van der Waals surface area (Å²) in [6.45, 7) is 2.29. The van der Waals surface area contributed by atoms with E-state index in [1.54, 1.807) is 6.92 Å². The number of aliphatic hydroxyl groups excluding tert-OH is 1. The van der Waals surface area contributed by atoms with E-state index in [2.05, 4.69) is 0 Å². The number of carbonyl (C=O) groups is 2. The summed E-state index contributed by atoms with van der Waals surface area (Å²) in [5.74, 6) is -1.12. The first-order valence-corrected chi connectivity index (χ1v) is 4.83. The van der Waals surface area contributed by atoms with Crippen molar-refractivity contribution in [3.05, 3.63) is 0 Å². The Kier molecular flexibility index (Phi) is 4.94. The average Bonchev–Trinajstić information content (AvgIpc) is 2.10. The molecule has 0 heterocycles. The Labute approximate surface area is 85.1 Å². The Bertz CT molecular complexity index is 218. The van der Waals surface area contributed by atoms with Crippen molar-refractivity contribution in [2.45, 2.75) is 25.9 Å². The summed E-state index contributed by atoms with van der Waals surface area (Å²) in [4.78, 5) is 22.5. The van der Waals surface area contributed by atoms with Gasteiger partial charge in [0, 0.05) is 0 Å². The monoisotopic (exact) mass is 202 g/mol. The van der Waals surface area contributed by atoms with E-state index >= 15 is 0 Å². The maximum Gasteiger partial charge on any atom is 0.226 e. The molecule has 0 radical (unpaired) electrons. The van der Waals surface area contributed by atoms with Crippen LogP contribution in [0, 0.1) is 0 Å². The molecule has 0 rings (SSSR count). The van der Waals surface area contributed by atoms with Crippen LogP contribution in [-0.4, -0.2) is 54.9 Å². The van der Waals surface area contributed by atoms with Gasteiger partial charge in [0.1, 0.15) is 6.10 Å². The second kappa shape index (κ2) is 5.22. The summed E-state index contributed by atoms with van der Waals surface area (Å²) >= 11 is 0. The van der Waals surface area contributed by atoms with Crippen molar-refractivity contribution in [3.8, 4) is 0 Å². The van der Waals surface area contributed by atoms with Crippen molar-refractivity contribution in [1.29, 1.82) is 0 Å². The van der Waals surface area contributed by atoms with Gasteiger partial charge in [0.25, 0.3) is 0 Å². The van der Waals surface area contributed by atoms with Gasteiger partial charge in [-0.1, -0.05) is 6.92 Å². The van der Waals surface area contributed by atoms with Crippen LogP contribution in [0.4, 0.5) is 0 Å². The van der Waals surface area contributed by atoms with Crippen LogP contribution in [0.25, 0.3) is 0 Å². The standard InChI is InChI=1S/C10H20NO3/c1-5-8(12)10(14)9(13)6-7-11(2,3)4/h8,12H,5-7H2,1-4H3/q+1. The van der Waals surface area contributed by atoms with Crippen molar-refractivity contribution >= 4 is 11.6 Å². The molecule has 0 aliphatic carbocycles. The number of nitrogens with zero attached hydrogens (tertiary/aromatic N) is 1. The highest BCUT2D eigenvalue weighted by molar-refractivity contribution is 6.38. The van der Waals surface area contributed by atoms with Crippen molar-refractivity contribution in [2.75, 3.05) is 27.7 Å². The van der Waals surface area contributed by atoms with Crippen molar-refractivity contribution in [2.24, 2.45) is 0 Å². The second-order valence-electron chi connectivity index (χ2n) is 4.48. The first-order chi connectivity index (χ1) is 6.28. The minimum Gasteiger partial charge on any atom is -0.385 e. The normalized spacial score (nSPS) is 13.8. The topological polar surface area (TPSA) is 54.4 Å². The van der Waals surface area contributed by atoms with Gasteiger partial charge in [-0.15, -0.1) is 0 Å². The lowest BCUT2D eigenvalue weighted by molar-refractivity contribution is -0.869. The maximum atomic E-state index is 11.3. The zero-order chi connectivity index (χ0) is 11.4. The SMILES string of the molecule is CCC(O)C(=O)C(=O)CC[N+](C)(C)C. The Morgan fingerprint density at radius 2 is 1.79 bits per heavy atom. The minimum absolute atomic E-state index is 0.208. The second-order valence-corrected chi connectivity index (χ2v) is 4.48. The Hall–Kier alpha value is -0.740.